The van der Waals surface area contributed by atoms with E-state index < -0.39 is 23.9 Å². The third-order valence-electron chi connectivity index (χ3n) is 2.79. The van der Waals surface area contributed by atoms with Crippen LogP contribution in [0, 0.1) is 5.41 Å². The smallest absolute Gasteiger partial charge is 0.162 e. The van der Waals surface area contributed by atoms with E-state index in [2.05, 4.69) is 0 Å². The molecule has 1 aliphatic rings. The Bertz CT molecular complexity index is 161. The van der Waals surface area contributed by atoms with Gasteiger partial charge in [0.05, 0.1) is 12.7 Å². The zero-order chi connectivity index (χ0) is 9.35. The molecule has 3 N–H and O–H groups in total. The van der Waals surface area contributed by atoms with Crippen molar-refractivity contribution in [2.75, 3.05) is 6.61 Å². The summed E-state index contributed by atoms with van der Waals surface area (Å²) in [7, 11) is 0. The fourth-order valence-electron chi connectivity index (χ4n) is 1.44. The van der Waals surface area contributed by atoms with Gasteiger partial charge < -0.3 is 20.1 Å². The van der Waals surface area contributed by atoms with Crippen LogP contribution in [0.1, 0.15) is 20.3 Å². The summed E-state index contributed by atoms with van der Waals surface area (Å²) in [5.41, 5.74) is -0.752. The Morgan fingerprint density at radius 2 is 2.00 bits per heavy atom. The lowest BCUT2D eigenvalue weighted by Gasteiger charge is -2.43. The molecule has 0 aromatic rings. The Kier molecular flexibility index (Phi) is 2.73. The first-order chi connectivity index (χ1) is 5.52. The van der Waals surface area contributed by atoms with Crippen molar-refractivity contribution in [2.24, 2.45) is 5.41 Å². The molecule has 1 saturated heterocycles. The van der Waals surface area contributed by atoms with Gasteiger partial charge >= 0.3 is 0 Å². The molecule has 4 nitrogen and oxygen atoms in total. The highest BCUT2D eigenvalue weighted by atomic mass is 16.6. The third kappa shape index (κ3) is 1.35. The van der Waals surface area contributed by atoms with Gasteiger partial charge in [0.1, 0.15) is 6.10 Å². The van der Waals surface area contributed by atoms with Gasteiger partial charge in [-0.2, -0.15) is 0 Å². The molecule has 12 heavy (non-hydrogen) atoms. The normalized spacial score (nSPS) is 49.2. The van der Waals surface area contributed by atoms with Crippen molar-refractivity contribution in [2.45, 2.75) is 38.8 Å². The SMILES string of the molecule is CCC1(C)C(O)OCC(O)C1O. The molecule has 4 heteroatoms. The van der Waals surface area contributed by atoms with Gasteiger partial charge in [-0.15, -0.1) is 0 Å². The summed E-state index contributed by atoms with van der Waals surface area (Å²) >= 11 is 0. The third-order valence-corrected chi connectivity index (χ3v) is 2.79. The van der Waals surface area contributed by atoms with Gasteiger partial charge in [0.25, 0.3) is 0 Å². The minimum absolute atomic E-state index is 0.00206. The van der Waals surface area contributed by atoms with Crippen LogP contribution in [-0.2, 0) is 4.74 Å². The Labute approximate surface area is 71.8 Å². The predicted octanol–water partition coefficient (Wildman–Crippen LogP) is -0.527. The standard InChI is InChI=1S/C8H16O4/c1-3-8(2)6(10)5(9)4-12-7(8)11/h5-7,9-11H,3-4H2,1-2H3. The van der Waals surface area contributed by atoms with E-state index >= 15 is 0 Å². The highest BCUT2D eigenvalue weighted by Gasteiger charge is 2.46. The molecular formula is C8H16O4. The molecule has 72 valence electrons. The molecule has 0 radical (unpaired) electrons. The van der Waals surface area contributed by atoms with Crippen molar-refractivity contribution in [3.05, 3.63) is 0 Å². The van der Waals surface area contributed by atoms with Gasteiger partial charge in [-0.25, -0.2) is 0 Å². The van der Waals surface area contributed by atoms with Crippen molar-refractivity contribution in [3.8, 4) is 0 Å². The zero-order valence-electron chi connectivity index (χ0n) is 7.40. The molecule has 1 rings (SSSR count). The highest BCUT2D eigenvalue weighted by molar-refractivity contribution is 4.91. The molecule has 0 aliphatic carbocycles. The number of hydrogen-bond donors (Lipinski definition) is 3. The first-order valence-electron chi connectivity index (χ1n) is 4.18. The lowest BCUT2D eigenvalue weighted by atomic mass is 9.77. The second kappa shape index (κ2) is 3.30. The van der Waals surface area contributed by atoms with Crippen LogP contribution in [0.15, 0.2) is 0 Å². The first kappa shape index (κ1) is 9.92. The molecule has 1 aliphatic heterocycles. The topological polar surface area (TPSA) is 69.9 Å². The molecule has 0 bridgehead atoms. The molecule has 4 atom stereocenters. The van der Waals surface area contributed by atoms with Crippen LogP contribution >= 0.6 is 0 Å². The second-order valence-electron chi connectivity index (χ2n) is 3.56. The first-order valence-corrected chi connectivity index (χ1v) is 4.18. The molecule has 1 fully saturated rings. The average molecular weight is 176 g/mol. The van der Waals surface area contributed by atoms with E-state index in [1.54, 1.807) is 6.92 Å². The van der Waals surface area contributed by atoms with Crippen LogP contribution in [-0.4, -0.2) is 40.4 Å². The summed E-state index contributed by atoms with van der Waals surface area (Å²) in [6, 6.07) is 0. The second-order valence-corrected chi connectivity index (χ2v) is 3.56. The van der Waals surface area contributed by atoms with Gasteiger partial charge in [0.2, 0.25) is 0 Å². The van der Waals surface area contributed by atoms with Crippen LogP contribution in [0.25, 0.3) is 0 Å². The van der Waals surface area contributed by atoms with Crippen LogP contribution < -0.4 is 0 Å². The summed E-state index contributed by atoms with van der Waals surface area (Å²) in [5, 5.41) is 28.3. The minimum Gasteiger partial charge on any atom is -0.390 e. The lowest BCUT2D eigenvalue weighted by molar-refractivity contribution is -0.269. The largest absolute Gasteiger partial charge is 0.390 e. The Hall–Kier alpha value is -0.160. The van der Waals surface area contributed by atoms with E-state index in [-0.39, 0.29) is 6.61 Å². The number of ether oxygens (including phenoxy) is 1. The van der Waals surface area contributed by atoms with Crippen LogP contribution in [0.2, 0.25) is 0 Å². The number of aliphatic hydroxyl groups excluding tert-OH is 3. The van der Waals surface area contributed by atoms with E-state index in [0.717, 1.165) is 0 Å². The number of hydrogen-bond acceptors (Lipinski definition) is 4. The summed E-state index contributed by atoms with van der Waals surface area (Å²) in [4.78, 5) is 0. The summed E-state index contributed by atoms with van der Waals surface area (Å²) in [5.74, 6) is 0. The quantitative estimate of drug-likeness (QED) is 0.502. The average Bonchev–Trinajstić information content (AvgIpc) is 2.08. The van der Waals surface area contributed by atoms with Crippen LogP contribution in [0.5, 0.6) is 0 Å². The van der Waals surface area contributed by atoms with E-state index in [4.69, 9.17) is 4.74 Å². The van der Waals surface area contributed by atoms with Crippen molar-refractivity contribution in [3.63, 3.8) is 0 Å². The van der Waals surface area contributed by atoms with E-state index in [1.807, 2.05) is 6.92 Å². The van der Waals surface area contributed by atoms with Crippen molar-refractivity contribution < 1.29 is 20.1 Å². The van der Waals surface area contributed by atoms with Gasteiger partial charge in [-0.3, -0.25) is 0 Å². The number of aliphatic hydroxyl groups is 3. The zero-order valence-corrected chi connectivity index (χ0v) is 7.40. The fourth-order valence-corrected chi connectivity index (χ4v) is 1.44. The molecule has 4 unspecified atom stereocenters. The van der Waals surface area contributed by atoms with E-state index in [0.29, 0.717) is 6.42 Å². The van der Waals surface area contributed by atoms with Gasteiger partial charge in [0.15, 0.2) is 6.29 Å². The van der Waals surface area contributed by atoms with Crippen molar-refractivity contribution in [1.82, 2.24) is 0 Å². The summed E-state index contributed by atoms with van der Waals surface area (Å²) in [6.07, 6.45) is -2.22. The molecular weight excluding hydrogens is 160 g/mol. The lowest BCUT2D eigenvalue weighted by Crippen LogP contribution is -2.55. The predicted molar refractivity (Wildman–Crippen MR) is 42.4 cm³/mol. The maximum absolute atomic E-state index is 9.58. The molecule has 1 heterocycles. The maximum Gasteiger partial charge on any atom is 0.162 e. The van der Waals surface area contributed by atoms with E-state index in [9.17, 15) is 15.3 Å². The highest BCUT2D eigenvalue weighted by Crippen LogP contribution is 2.36. The molecule has 0 amide bonds. The Morgan fingerprint density at radius 1 is 1.42 bits per heavy atom. The van der Waals surface area contributed by atoms with E-state index in [1.165, 1.54) is 0 Å². The molecule has 0 aromatic carbocycles. The van der Waals surface area contributed by atoms with Gasteiger partial charge in [0, 0.05) is 5.41 Å². The molecule has 0 aromatic heterocycles. The minimum atomic E-state index is -0.985. The van der Waals surface area contributed by atoms with Crippen molar-refractivity contribution >= 4 is 0 Å². The Balaban J connectivity index is 2.78. The van der Waals surface area contributed by atoms with Gasteiger partial charge in [-0.1, -0.05) is 13.8 Å². The molecule has 0 spiro atoms. The number of rotatable bonds is 1. The van der Waals surface area contributed by atoms with Crippen molar-refractivity contribution in [1.29, 1.82) is 0 Å². The Morgan fingerprint density at radius 3 is 2.42 bits per heavy atom. The fraction of sp³-hybridized carbons (Fsp3) is 1.00. The maximum atomic E-state index is 9.58. The summed E-state index contributed by atoms with van der Waals surface area (Å²) < 4.78 is 4.91. The monoisotopic (exact) mass is 176 g/mol. The molecule has 0 saturated carbocycles. The summed E-state index contributed by atoms with van der Waals surface area (Å²) in [6.45, 7) is 3.54. The van der Waals surface area contributed by atoms with Crippen LogP contribution in [0.3, 0.4) is 0 Å². The van der Waals surface area contributed by atoms with Crippen LogP contribution in [0.4, 0.5) is 0 Å². The van der Waals surface area contributed by atoms with Gasteiger partial charge in [-0.05, 0) is 6.42 Å².